The zero-order valence-electron chi connectivity index (χ0n) is 9.83. The van der Waals surface area contributed by atoms with Crippen LogP contribution in [0.15, 0.2) is 29.3 Å². The van der Waals surface area contributed by atoms with Crippen LogP contribution in [0.4, 0.5) is 0 Å². The molecule has 2 aromatic rings. The molecule has 1 fully saturated rings. The molecule has 0 unspecified atom stereocenters. The topological polar surface area (TPSA) is 109 Å². The number of hydrogen-bond acceptors (Lipinski definition) is 6. The molecule has 0 amide bonds. The van der Waals surface area contributed by atoms with Gasteiger partial charge in [0.2, 0.25) is 0 Å². The summed E-state index contributed by atoms with van der Waals surface area (Å²) in [6.45, 7) is -0.398. The highest BCUT2D eigenvalue weighted by Gasteiger charge is 2.43. The zero-order chi connectivity index (χ0) is 13.6. The van der Waals surface area contributed by atoms with Crippen LogP contribution in [0.25, 0.3) is 5.65 Å². The molecular weight excluding hydrogens is 254 g/mol. The average Bonchev–Trinajstić information content (AvgIpc) is 2.99. The Labute approximate surface area is 107 Å². The molecule has 0 radical (unpaired) electrons. The van der Waals surface area contributed by atoms with Crippen molar-refractivity contribution in [1.82, 2.24) is 14.2 Å². The number of fused-ring (bicyclic) bond motifs is 1. The van der Waals surface area contributed by atoms with Gasteiger partial charge in [0.1, 0.15) is 24.0 Å². The van der Waals surface area contributed by atoms with Gasteiger partial charge in [-0.2, -0.15) is 9.61 Å². The molecule has 8 heteroatoms. The van der Waals surface area contributed by atoms with Crippen molar-refractivity contribution in [3.05, 3.63) is 34.9 Å². The van der Waals surface area contributed by atoms with E-state index < -0.39 is 31.1 Å². The van der Waals surface area contributed by atoms with E-state index in [1.54, 1.807) is 6.07 Å². The third-order valence-electron chi connectivity index (χ3n) is 3.27. The summed E-state index contributed by atoms with van der Waals surface area (Å²) in [5.74, 6) is 0. The number of hydrogen-bond donors (Lipinski definition) is 3. The molecule has 3 N–H and O–H groups in total. The fourth-order valence-electron chi connectivity index (χ4n) is 2.28. The normalized spacial score (nSPS) is 31.1. The molecular formula is C11H13N3O5. The lowest BCUT2D eigenvalue weighted by Crippen LogP contribution is -2.33. The highest BCUT2D eigenvalue weighted by Crippen LogP contribution is 2.29. The molecule has 1 aliphatic heterocycles. The van der Waals surface area contributed by atoms with Crippen molar-refractivity contribution < 1.29 is 20.1 Å². The number of aliphatic hydroxyl groups excluding tert-OH is 3. The van der Waals surface area contributed by atoms with Crippen molar-refractivity contribution in [2.24, 2.45) is 0 Å². The van der Waals surface area contributed by atoms with Crippen molar-refractivity contribution in [3.8, 4) is 0 Å². The molecule has 4 atom stereocenters. The lowest BCUT2D eigenvalue weighted by molar-refractivity contribution is -0.0514. The standard InChI is InChI=1S/C11H13N3O5/c15-5-6-9(17)10(18)11(19-6)13-4-2-8(16)14-7(13)1-3-12-14/h1-4,6,9-11,15,17-18H,5H2/t6-,9-,10-,11-/m1/s1. The minimum absolute atomic E-state index is 0.303. The van der Waals surface area contributed by atoms with Crippen LogP contribution in [0.2, 0.25) is 0 Å². The smallest absolute Gasteiger partial charge is 0.274 e. The molecule has 2 aromatic heterocycles. The van der Waals surface area contributed by atoms with Gasteiger partial charge in [-0.15, -0.1) is 0 Å². The summed E-state index contributed by atoms with van der Waals surface area (Å²) in [4.78, 5) is 11.6. The molecule has 1 aliphatic rings. The fraction of sp³-hybridized carbons (Fsp3) is 0.455. The van der Waals surface area contributed by atoms with Gasteiger partial charge >= 0.3 is 0 Å². The first-order valence-electron chi connectivity index (χ1n) is 5.81. The first-order valence-corrected chi connectivity index (χ1v) is 5.81. The Morgan fingerprint density at radius 2 is 2.11 bits per heavy atom. The Morgan fingerprint density at radius 3 is 2.79 bits per heavy atom. The molecule has 0 aromatic carbocycles. The monoisotopic (exact) mass is 267 g/mol. The van der Waals surface area contributed by atoms with Gasteiger partial charge in [0.05, 0.1) is 12.8 Å². The predicted octanol–water partition coefficient (Wildman–Crippen LogP) is -1.89. The fourth-order valence-corrected chi connectivity index (χ4v) is 2.28. The van der Waals surface area contributed by atoms with Gasteiger partial charge in [-0.1, -0.05) is 0 Å². The Morgan fingerprint density at radius 1 is 1.32 bits per heavy atom. The number of ether oxygens (including phenoxy) is 1. The lowest BCUT2D eigenvalue weighted by atomic mass is 10.1. The van der Waals surface area contributed by atoms with E-state index in [4.69, 9.17) is 9.84 Å². The second-order valence-corrected chi connectivity index (χ2v) is 4.39. The van der Waals surface area contributed by atoms with Gasteiger partial charge in [-0.25, -0.2) is 0 Å². The van der Waals surface area contributed by atoms with Gasteiger partial charge in [0.15, 0.2) is 6.23 Å². The Bertz CT molecular complexity index is 651. The molecule has 0 bridgehead atoms. The van der Waals surface area contributed by atoms with E-state index in [1.807, 2.05) is 0 Å². The molecule has 8 nitrogen and oxygen atoms in total. The Hall–Kier alpha value is -1.74. The summed E-state index contributed by atoms with van der Waals surface area (Å²) < 4.78 is 8.07. The van der Waals surface area contributed by atoms with Crippen LogP contribution in [0, 0.1) is 0 Å². The minimum atomic E-state index is -1.20. The lowest BCUT2D eigenvalue weighted by Gasteiger charge is -2.19. The largest absolute Gasteiger partial charge is 0.394 e. The van der Waals surface area contributed by atoms with E-state index in [0.717, 1.165) is 4.52 Å². The molecule has 102 valence electrons. The van der Waals surface area contributed by atoms with Crippen LogP contribution < -0.4 is 5.56 Å². The molecule has 0 aliphatic carbocycles. The van der Waals surface area contributed by atoms with Gasteiger partial charge < -0.3 is 24.6 Å². The van der Waals surface area contributed by atoms with Crippen LogP contribution in [-0.2, 0) is 4.74 Å². The third kappa shape index (κ3) is 1.77. The number of aromatic nitrogens is 3. The molecule has 0 spiro atoms. The van der Waals surface area contributed by atoms with E-state index >= 15 is 0 Å². The summed E-state index contributed by atoms with van der Waals surface area (Å²) >= 11 is 0. The highest BCUT2D eigenvalue weighted by molar-refractivity contribution is 5.37. The summed E-state index contributed by atoms with van der Waals surface area (Å²) in [5, 5.41) is 32.6. The van der Waals surface area contributed by atoms with Gasteiger partial charge in [0, 0.05) is 18.3 Å². The summed E-state index contributed by atoms with van der Waals surface area (Å²) in [7, 11) is 0. The predicted molar refractivity (Wildman–Crippen MR) is 62.5 cm³/mol. The van der Waals surface area contributed by atoms with Crippen LogP contribution in [0.5, 0.6) is 0 Å². The maximum absolute atomic E-state index is 11.6. The number of nitrogens with zero attached hydrogens (tertiary/aromatic N) is 3. The van der Waals surface area contributed by atoms with E-state index in [0.29, 0.717) is 5.65 Å². The van der Waals surface area contributed by atoms with E-state index in [2.05, 4.69) is 5.10 Å². The van der Waals surface area contributed by atoms with Crippen molar-refractivity contribution >= 4 is 5.65 Å². The number of aliphatic hydroxyl groups is 3. The van der Waals surface area contributed by atoms with Crippen LogP contribution in [0.1, 0.15) is 6.23 Å². The van der Waals surface area contributed by atoms with Gasteiger partial charge in [-0.05, 0) is 0 Å². The Balaban J connectivity index is 2.08. The maximum atomic E-state index is 11.6. The van der Waals surface area contributed by atoms with Gasteiger partial charge in [-0.3, -0.25) is 4.79 Å². The SMILES string of the molecule is O=c1ccn([C@@H]2O[C@H](CO)[C@@H](O)[C@H]2O)c2ccnn12. The summed E-state index contributed by atoms with van der Waals surface area (Å²) in [5.41, 5.74) is 0.130. The highest BCUT2D eigenvalue weighted by atomic mass is 16.6. The first kappa shape index (κ1) is 12.3. The molecule has 19 heavy (non-hydrogen) atoms. The average molecular weight is 267 g/mol. The summed E-state index contributed by atoms with van der Waals surface area (Å²) in [6.07, 6.45) is -1.21. The second-order valence-electron chi connectivity index (χ2n) is 4.39. The van der Waals surface area contributed by atoms with Crippen molar-refractivity contribution in [2.45, 2.75) is 24.5 Å². The third-order valence-corrected chi connectivity index (χ3v) is 3.27. The van der Waals surface area contributed by atoms with Crippen molar-refractivity contribution in [1.29, 1.82) is 0 Å². The van der Waals surface area contributed by atoms with Crippen LogP contribution in [0.3, 0.4) is 0 Å². The molecule has 3 rings (SSSR count). The maximum Gasteiger partial charge on any atom is 0.274 e. The Kier molecular flexibility index (Phi) is 2.86. The molecule has 1 saturated heterocycles. The van der Waals surface area contributed by atoms with Crippen LogP contribution in [-0.4, -0.2) is 54.4 Å². The molecule has 3 heterocycles. The number of rotatable bonds is 2. The zero-order valence-corrected chi connectivity index (χ0v) is 9.83. The molecule has 0 saturated carbocycles. The first-order chi connectivity index (χ1) is 9.13. The minimum Gasteiger partial charge on any atom is -0.394 e. The van der Waals surface area contributed by atoms with E-state index in [-0.39, 0.29) is 5.56 Å². The summed E-state index contributed by atoms with van der Waals surface area (Å²) in [6, 6.07) is 2.88. The van der Waals surface area contributed by atoms with E-state index in [1.165, 1.54) is 23.0 Å². The van der Waals surface area contributed by atoms with Crippen LogP contribution >= 0.6 is 0 Å². The van der Waals surface area contributed by atoms with Gasteiger partial charge in [0.25, 0.3) is 5.56 Å². The van der Waals surface area contributed by atoms with Crippen molar-refractivity contribution in [2.75, 3.05) is 6.61 Å². The van der Waals surface area contributed by atoms with Crippen molar-refractivity contribution in [3.63, 3.8) is 0 Å². The quantitative estimate of drug-likeness (QED) is 0.587. The van der Waals surface area contributed by atoms with E-state index in [9.17, 15) is 15.0 Å². The second kappa shape index (κ2) is 4.42.